The van der Waals surface area contributed by atoms with E-state index in [0.717, 1.165) is 48.7 Å². The highest BCUT2D eigenvalue weighted by molar-refractivity contribution is 5.76. The van der Waals surface area contributed by atoms with Gasteiger partial charge in [-0.2, -0.15) is 5.10 Å². The molecule has 0 spiro atoms. The quantitative estimate of drug-likeness (QED) is 0.827. The van der Waals surface area contributed by atoms with E-state index in [-0.39, 0.29) is 5.91 Å². The van der Waals surface area contributed by atoms with Crippen molar-refractivity contribution in [3.8, 4) is 0 Å². The number of carbonyl (C=O) groups excluding carboxylic acids is 1. The number of aryl methyl sites for hydroxylation is 2. The van der Waals surface area contributed by atoms with Gasteiger partial charge in [0.25, 0.3) is 0 Å². The molecule has 0 bridgehead atoms. The van der Waals surface area contributed by atoms with Crippen LogP contribution in [0.15, 0.2) is 18.5 Å². The van der Waals surface area contributed by atoms with Crippen molar-refractivity contribution in [3.05, 3.63) is 41.2 Å². The molecule has 0 aliphatic carbocycles. The Balaban J connectivity index is 1.39. The predicted molar refractivity (Wildman–Crippen MR) is 102 cm³/mol. The van der Waals surface area contributed by atoms with Gasteiger partial charge in [-0.05, 0) is 39.4 Å². The molecule has 2 aromatic heterocycles. The zero-order valence-electron chi connectivity index (χ0n) is 16.3. The van der Waals surface area contributed by atoms with Gasteiger partial charge in [0.2, 0.25) is 5.91 Å². The Morgan fingerprint density at radius 1 is 1.30 bits per heavy atom. The first kappa shape index (κ1) is 18.1. The molecule has 4 rings (SSSR count). The summed E-state index contributed by atoms with van der Waals surface area (Å²) in [6.45, 7) is 5.11. The number of nitrogens with zero attached hydrogens (tertiary/aromatic N) is 6. The molecule has 1 amide bonds. The smallest absolute Gasteiger partial charge is 0.224 e. The van der Waals surface area contributed by atoms with E-state index >= 15 is 0 Å². The van der Waals surface area contributed by atoms with E-state index in [1.54, 1.807) is 6.20 Å². The number of piperidine rings is 1. The molecule has 144 valence electrons. The van der Waals surface area contributed by atoms with Crippen LogP contribution in [0.4, 0.5) is 0 Å². The van der Waals surface area contributed by atoms with E-state index < -0.39 is 0 Å². The van der Waals surface area contributed by atoms with Crippen LogP contribution >= 0.6 is 0 Å². The van der Waals surface area contributed by atoms with E-state index in [0.29, 0.717) is 25.6 Å². The first-order valence-corrected chi connectivity index (χ1v) is 9.93. The van der Waals surface area contributed by atoms with E-state index in [2.05, 4.69) is 22.0 Å². The van der Waals surface area contributed by atoms with Gasteiger partial charge in [-0.25, -0.2) is 9.97 Å². The maximum atomic E-state index is 12.6. The van der Waals surface area contributed by atoms with Gasteiger partial charge in [0.1, 0.15) is 5.82 Å². The monoisotopic (exact) mass is 368 g/mol. The largest absolute Gasteiger partial charge is 0.338 e. The third kappa shape index (κ3) is 3.88. The summed E-state index contributed by atoms with van der Waals surface area (Å²) in [5, 5.41) is 4.25. The molecule has 4 heterocycles. The number of hydrogen-bond donors (Lipinski definition) is 0. The number of fused-ring (bicyclic) bond motifs is 1. The van der Waals surface area contributed by atoms with Gasteiger partial charge in [0, 0.05) is 56.1 Å². The molecule has 2 aliphatic rings. The van der Waals surface area contributed by atoms with Crippen molar-refractivity contribution in [1.82, 2.24) is 29.5 Å². The van der Waals surface area contributed by atoms with Crippen LogP contribution in [0.3, 0.4) is 0 Å². The first-order chi connectivity index (χ1) is 13.1. The van der Waals surface area contributed by atoms with E-state index in [9.17, 15) is 4.79 Å². The molecular formula is C20H28N6O. The second-order valence-corrected chi connectivity index (χ2v) is 7.70. The lowest BCUT2D eigenvalue weighted by Gasteiger charge is -2.33. The van der Waals surface area contributed by atoms with Gasteiger partial charge in [0.15, 0.2) is 0 Å². The van der Waals surface area contributed by atoms with Crippen LogP contribution < -0.4 is 0 Å². The minimum Gasteiger partial charge on any atom is -0.338 e. The summed E-state index contributed by atoms with van der Waals surface area (Å²) in [5.74, 6) is 1.12. The van der Waals surface area contributed by atoms with Crippen molar-refractivity contribution >= 4 is 5.91 Å². The Morgan fingerprint density at radius 2 is 2.19 bits per heavy atom. The molecule has 0 N–H and O–H groups in total. The van der Waals surface area contributed by atoms with Gasteiger partial charge in [-0.15, -0.1) is 0 Å². The fraction of sp³-hybridized carbons (Fsp3) is 0.600. The summed E-state index contributed by atoms with van der Waals surface area (Å²) >= 11 is 0. The number of rotatable bonds is 4. The van der Waals surface area contributed by atoms with Crippen LogP contribution in [-0.2, 0) is 24.3 Å². The number of carbonyl (C=O) groups is 1. The zero-order chi connectivity index (χ0) is 18.8. The molecule has 0 unspecified atom stereocenters. The molecule has 2 aliphatic heterocycles. The third-order valence-corrected chi connectivity index (χ3v) is 5.84. The highest BCUT2D eigenvalue weighted by Gasteiger charge is 2.26. The van der Waals surface area contributed by atoms with Crippen molar-refractivity contribution in [2.75, 3.05) is 20.1 Å². The Kier molecular flexibility index (Phi) is 5.20. The Morgan fingerprint density at radius 3 is 2.96 bits per heavy atom. The van der Waals surface area contributed by atoms with Crippen LogP contribution in [0, 0.1) is 6.92 Å². The second-order valence-electron chi connectivity index (χ2n) is 7.70. The number of amides is 1. The van der Waals surface area contributed by atoms with Crippen LogP contribution in [0.5, 0.6) is 0 Å². The van der Waals surface area contributed by atoms with Crippen LogP contribution in [0.1, 0.15) is 54.5 Å². The lowest BCUT2D eigenvalue weighted by atomic mass is 10.0. The maximum absolute atomic E-state index is 12.6. The summed E-state index contributed by atoms with van der Waals surface area (Å²) in [5.41, 5.74) is 3.29. The standard InChI is InChI=1S/C20H28N6O/c1-15-6-9-22-26(15)12-8-19(27)25-11-7-17-16(14-25)13-21-20(23-17)18-5-3-4-10-24(18)2/h6,9,13,18H,3-5,7-8,10-12,14H2,1-2H3/t18-/m0/s1. The molecular weight excluding hydrogens is 340 g/mol. The second kappa shape index (κ2) is 7.76. The number of hydrogen-bond acceptors (Lipinski definition) is 5. The summed E-state index contributed by atoms with van der Waals surface area (Å²) in [4.78, 5) is 26.4. The zero-order valence-corrected chi connectivity index (χ0v) is 16.3. The average Bonchev–Trinajstić information content (AvgIpc) is 3.10. The highest BCUT2D eigenvalue weighted by atomic mass is 16.2. The molecule has 0 saturated carbocycles. The number of likely N-dealkylation sites (tertiary alicyclic amines) is 1. The summed E-state index contributed by atoms with van der Waals surface area (Å²) in [6, 6.07) is 2.29. The molecule has 0 aromatic carbocycles. The first-order valence-electron chi connectivity index (χ1n) is 9.93. The minimum absolute atomic E-state index is 0.173. The van der Waals surface area contributed by atoms with E-state index in [4.69, 9.17) is 4.98 Å². The Labute approximate surface area is 160 Å². The highest BCUT2D eigenvalue weighted by Crippen LogP contribution is 2.28. The maximum Gasteiger partial charge on any atom is 0.224 e. The lowest BCUT2D eigenvalue weighted by Crippen LogP contribution is -2.37. The summed E-state index contributed by atoms with van der Waals surface area (Å²) in [6.07, 6.45) is 8.64. The van der Waals surface area contributed by atoms with Gasteiger partial charge in [-0.3, -0.25) is 14.4 Å². The fourth-order valence-corrected chi connectivity index (χ4v) is 4.10. The summed E-state index contributed by atoms with van der Waals surface area (Å²) in [7, 11) is 2.16. The molecule has 2 aromatic rings. The number of aromatic nitrogens is 4. The van der Waals surface area contributed by atoms with Crippen molar-refractivity contribution in [2.24, 2.45) is 0 Å². The normalized spacial score (nSPS) is 20.5. The van der Waals surface area contributed by atoms with Crippen LogP contribution in [-0.4, -0.2) is 55.6 Å². The third-order valence-electron chi connectivity index (χ3n) is 5.84. The van der Waals surface area contributed by atoms with Crippen molar-refractivity contribution in [1.29, 1.82) is 0 Å². The summed E-state index contributed by atoms with van der Waals surface area (Å²) < 4.78 is 1.88. The van der Waals surface area contributed by atoms with E-state index in [1.807, 2.05) is 28.8 Å². The SMILES string of the molecule is Cc1ccnn1CCC(=O)N1CCc2nc([C@@H]3CCCCN3C)ncc2C1. The molecule has 7 nitrogen and oxygen atoms in total. The van der Waals surface area contributed by atoms with Gasteiger partial charge in [0.05, 0.1) is 11.7 Å². The molecule has 1 atom stereocenters. The van der Waals surface area contributed by atoms with Gasteiger partial charge >= 0.3 is 0 Å². The van der Waals surface area contributed by atoms with E-state index in [1.165, 1.54) is 12.8 Å². The molecule has 0 radical (unpaired) electrons. The Bertz CT molecular complexity index is 817. The topological polar surface area (TPSA) is 67.2 Å². The average molecular weight is 368 g/mol. The lowest BCUT2D eigenvalue weighted by molar-refractivity contribution is -0.132. The van der Waals surface area contributed by atoms with Crippen molar-refractivity contribution < 1.29 is 4.79 Å². The van der Waals surface area contributed by atoms with Crippen LogP contribution in [0.25, 0.3) is 0 Å². The molecule has 1 fully saturated rings. The van der Waals surface area contributed by atoms with Gasteiger partial charge in [-0.1, -0.05) is 6.42 Å². The van der Waals surface area contributed by atoms with Crippen molar-refractivity contribution in [3.63, 3.8) is 0 Å². The predicted octanol–water partition coefficient (Wildman–Crippen LogP) is 2.11. The van der Waals surface area contributed by atoms with Gasteiger partial charge < -0.3 is 4.90 Å². The Hall–Kier alpha value is -2.28. The molecule has 7 heteroatoms. The molecule has 27 heavy (non-hydrogen) atoms. The van der Waals surface area contributed by atoms with Crippen molar-refractivity contribution in [2.45, 2.75) is 58.2 Å². The molecule has 1 saturated heterocycles. The van der Waals surface area contributed by atoms with Crippen LogP contribution in [0.2, 0.25) is 0 Å². The fourth-order valence-electron chi connectivity index (χ4n) is 4.10. The minimum atomic E-state index is 0.173.